The van der Waals surface area contributed by atoms with Gasteiger partial charge in [0.05, 0.1) is 37.7 Å². The van der Waals surface area contributed by atoms with Gasteiger partial charge < -0.3 is 25.4 Å². The van der Waals surface area contributed by atoms with Gasteiger partial charge in [0, 0.05) is 43.7 Å². The average Bonchev–Trinajstić information content (AvgIpc) is 3.01. The molecule has 2 amide bonds. The second-order valence-electron chi connectivity index (χ2n) is 9.76. The van der Waals surface area contributed by atoms with Gasteiger partial charge in [-0.15, -0.1) is 0 Å². The SMILES string of the molecule is COc1cccc(CNCC(O)C(Cc2ccccc2)NC(=O)c2cccc(C(=O)N(C)Cc3cnccn3)c2)c1. The average molecular weight is 554 g/mol. The summed E-state index contributed by atoms with van der Waals surface area (Å²) in [5.41, 5.74) is 3.38. The maximum absolute atomic E-state index is 13.4. The number of carbonyl (C=O) groups excluding carboxylic acids is 2. The molecule has 9 heteroatoms. The van der Waals surface area contributed by atoms with Gasteiger partial charge in [0.1, 0.15) is 5.75 Å². The number of hydrogen-bond donors (Lipinski definition) is 3. The fourth-order valence-corrected chi connectivity index (χ4v) is 4.43. The number of aliphatic hydroxyl groups excluding tert-OH is 1. The van der Waals surface area contributed by atoms with Crippen LogP contribution in [0, 0.1) is 0 Å². The number of rotatable bonds is 13. The molecule has 0 aliphatic carbocycles. The van der Waals surface area contributed by atoms with E-state index in [0.29, 0.717) is 29.8 Å². The highest BCUT2D eigenvalue weighted by molar-refractivity contribution is 5.99. The van der Waals surface area contributed by atoms with Crippen LogP contribution in [0.3, 0.4) is 0 Å². The molecule has 3 N–H and O–H groups in total. The van der Waals surface area contributed by atoms with Crippen LogP contribution < -0.4 is 15.4 Å². The summed E-state index contributed by atoms with van der Waals surface area (Å²) in [7, 11) is 3.30. The number of methoxy groups -OCH3 is 1. The van der Waals surface area contributed by atoms with Crippen LogP contribution in [0.2, 0.25) is 0 Å². The summed E-state index contributed by atoms with van der Waals surface area (Å²) in [5.74, 6) is 0.150. The molecule has 4 rings (SSSR count). The predicted molar refractivity (Wildman–Crippen MR) is 156 cm³/mol. The summed E-state index contributed by atoms with van der Waals surface area (Å²) in [6.45, 7) is 1.09. The van der Waals surface area contributed by atoms with Gasteiger partial charge in [-0.2, -0.15) is 0 Å². The summed E-state index contributed by atoms with van der Waals surface area (Å²) < 4.78 is 5.28. The fourth-order valence-electron chi connectivity index (χ4n) is 4.43. The molecule has 1 heterocycles. The first kappa shape index (κ1) is 29.4. The molecule has 0 radical (unpaired) electrons. The lowest BCUT2D eigenvalue weighted by molar-refractivity contribution is 0.0783. The molecule has 3 aromatic carbocycles. The van der Waals surface area contributed by atoms with Gasteiger partial charge in [-0.25, -0.2) is 0 Å². The van der Waals surface area contributed by atoms with Crippen molar-refractivity contribution in [3.8, 4) is 5.75 Å². The van der Waals surface area contributed by atoms with Crippen LogP contribution in [0.25, 0.3) is 0 Å². The Balaban J connectivity index is 1.42. The Kier molecular flexibility index (Phi) is 10.5. The number of aromatic nitrogens is 2. The summed E-state index contributed by atoms with van der Waals surface area (Å²) >= 11 is 0. The van der Waals surface area contributed by atoms with Crippen LogP contribution in [0.15, 0.2) is 97.5 Å². The van der Waals surface area contributed by atoms with E-state index in [9.17, 15) is 14.7 Å². The third kappa shape index (κ3) is 8.69. The smallest absolute Gasteiger partial charge is 0.253 e. The molecule has 1 aromatic heterocycles. The van der Waals surface area contributed by atoms with Crippen molar-refractivity contribution in [3.63, 3.8) is 0 Å². The highest BCUT2D eigenvalue weighted by atomic mass is 16.5. The Hall–Kier alpha value is -4.60. The second kappa shape index (κ2) is 14.7. The van der Waals surface area contributed by atoms with Crippen LogP contribution in [-0.4, -0.2) is 64.6 Å². The van der Waals surface area contributed by atoms with Crippen LogP contribution in [-0.2, 0) is 19.5 Å². The van der Waals surface area contributed by atoms with Crippen molar-refractivity contribution in [1.82, 2.24) is 25.5 Å². The molecule has 0 aliphatic heterocycles. The van der Waals surface area contributed by atoms with Crippen molar-refractivity contribution in [1.29, 1.82) is 0 Å². The minimum atomic E-state index is -0.868. The number of nitrogens with one attached hydrogen (secondary N) is 2. The molecule has 0 aliphatic rings. The second-order valence-corrected chi connectivity index (χ2v) is 9.76. The molecule has 2 unspecified atom stereocenters. The number of hydrogen-bond acceptors (Lipinski definition) is 7. The van der Waals surface area contributed by atoms with Crippen LogP contribution >= 0.6 is 0 Å². The zero-order chi connectivity index (χ0) is 29.0. The summed E-state index contributed by atoms with van der Waals surface area (Å²) in [5, 5.41) is 17.4. The number of nitrogens with zero attached hydrogens (tertiary/aromatic N) is 3. The van der Waals surface area contributed by atoms with Gasteiger partial charge >= 0.3 is 0 Å². The summed E-state index contributed by atoms with van der Waals surface area (Å²) in [6, 6.07) is 23.4. The van der Waals surface area contributed by atoms with Crippen LogP contribution in [0.1, 0.15) is 37.5 Å². The van der Waals surface area contributed by atoms with Crippen LogP contribution in [0.5, 0.6) is 5.75 Å². The topological polar surface area (TPSA) is 117 Å². The van der Waals surface area contributed by atoms with E-state index in [1.165, 1.54) is 4.90 Å². The maximum atomic E-state index is 13.4. The Bertz CT molecular complexity index is 1420. The predicted octanol–water partition coefficient (Wildman–Crippen LogP) is 3.25. The molecular formula is C32H35N5O4. The monoisotopic (exact) mass is 553 g/mol. The third-order valence-electron chi connectivity index (χ3n) is 6.63. The van der Waals surface area contributed by atoms with E-state index in [4.69, 9.17) is 4.74 Å². The van der Waals surface area contributed by atoms with E-state index in [1.54, 1.807) is 57.0 Å². The molecule has 0 bridgehead atoms. The number of aliphatic hydroxyl groups is 1. The standard InChI is InChI=1S/C32H35N5O4/c1-37(22-27-20-33-14-15-35-27)32(40)26-12-7-11-25(18-26)31(39)36-29(17-23-8-4-3-5-9-23)30(38)21-34-19-24-10-6-13-28(16-24)41-2/h3-16,18,20,29-30,34,38H,17,19,21-22H2,1-2H3,(H,36,39). The van der Waals surface area contributed by atoms with E-state index >= 15 is 0 Å². The first-order chi connectivity index (χ1) is 19.9. The van der Waals surface area contributed by atoms with E-state index < -0.39 is 12.1 Å². The van der Waals surface area contributed by atoms with Crippen molar-refractivity contribution in [2.45, 2.75) is 31.7 Å². The normalized spacial score (nSPS) is 12.3. The first-order valence-electron chi connectivity index (χ1n) is 13.4. The molecule has 0 saturated carbocycles. The van der Waals surface area contributed by atoms with Gasteiger partial charge in [0.25, 0.3) is 11.8 Å². The molecule has 41 heavy (non-hydrogen) atoms. The van der Waals surface area contributed by atoms with E-state index in [-0.39, 0.29) is 24.9 Å². The van der Waals surface area contributed by atoms with E-state index in [1.807, 2.05) is 54.6 Å². The fraction of sp³-hybridized carbons (Fsp3) is 0.250. The summed E-state index contributed by atoms with van der Waals surface area (Å²) in [4.78, 5) is 36.2. The summed E-state index contributed by atoms with van der Waals surface area (Å²) in [6.07, 6.45) is 4.33. The quantitative estimate of drug-likeness (QED) is 0.233. The minimum Gasteiger partial charge on any atom is -0.497 e. The number of amides is 2. The number of ether oxygens (including phenoxy) is 1. The lowest BCUT2D eigenvalue weighted by atomic mass is 10.00. The lowest BCUT2D eigenvalue weighted by Gasteiger charge is -2.25. The van der Waals surface area contributed by atoms with Gasteiger partial charge in [0.2, 0.25) is 0 Å². The molecular weight excluding hydrogens is 518 g/mol. The molecule has 2 atom stereocenters. The highest BCUT2D eigenvalue weighted by Gasteiger charge is 2.23. The van der Waals surface area contributed by atoms with Crippen molar-refractivity contribution in [3.05, 3.63) is 125 Å². The number of carbonyl (C=O) groups is 2. The van der Waals surface area contributed by atoms with Gasteiger partial charge in [0.15, 0.2) is 0 Å². The molecule has 0 saturated heterocycles. The highest BCUT2D eigenvalue weighted by Crippen LogP contribution is 2.14. The van der Waals surface area contributed by atoms with Crippen LogP contribution in [0.4, 0.5) is 0 Å². The van der Waals surface area contributed by atoms with E-state index in [2.05, 4.69) is 20.6 Å². The Morgan fingerprint density at radius 1 is 0.951 bits per heavy atom. The Morgan fingerprint density at radius 3 is 2.46 bits per heavy atom. The van der Waals surface area contributed by atoms with Crippen molar-refractivity contribution in [2.24, 2.45) is 0 Å². The van der Waals surface area contributed by atoms with Gasteiger partial charge in [-0.1, -0.05) is 48.5 Å². The molecule has 0 spiro atoms. The zero-order valence-electron chi connectivity index (χ0n) is 23.2. The lowest BCUT2D eigenvalue weighted by Crippen LogP contribution is -2.48. The molecule has 9 nitrogen and oxygen atoms in total. The maximum Gasteiger partial charge on any atom is 0.253 e. The Labute approximate surface area is 240 Å². The molecule has 0 fully saturated rings. The molecule has 212 valence electrons. The Morgan fingerprint density at radius 2 is 1.71 bits per heavy atom. The van der Waals surface area contributed by atoms with Gasteiger partial charge in [-0.05, 0) is 47.9 Å². The van der Waals surface area contributed by atoms with Crippen molar-refractivity contribution >= 4 is 11.8 Å². The largest absolute Gasteiger partial charge is 0.497 e. The van der Waals surface area contributed by atoms with E-state index in [0.717, 1.165) is 16.9 Å². The zero-order valence-corrected chi connectivity index (χ0v) is 23.2. The van der Waals surface area contributed by atoms with Crippen molar-refractivity contribution < 1.29 is 19.4 Å². The van der Waals surface area contributed by atoms with Crippen molar-refractivity contribution in [2.75, 3.05) is 20.7 Å². The number of benzene rings is 3. The first-order valence-corrected chi connectivity index (χ1v) is 13.4. The third-order valence-corrected chi connectivity index (χ3v) is 6.63. The minimum absolute atomic E-state index is 0.243. The molecule has 4 aromatic rings. The van der Waals surface area contributed by atoms with Gasteiger partial charge in [-0.3, -0.25) is 19.6 Å².